The Bertz CT molecular complexity index is 914. The molecule has 7 nitrogen and oxygen atoms in total. The van der Waals surface area contributed by atoms with E-state index in [4.69, 9.17) is 9.97 Å². The van der Waals surface area contributed by atoms with Gasteiger partial charge in [-0.15, -0.1) is 0 Å². The quantitative estimate of drug-likeness (QED) is 0.700. The Kier molecular flexibility index (Phi) is 4.85. The zero-order valence-electron chi connectivity index (χ0n) is 16.1. The third kappa shape index (κ3) is 3.55. The topological polar surface area (TPSA) is 82.6 Å². The van der Waals surface area contributed by atoms with Gasteiger partial charge in [0.15, 0.2) is 5.82 Å². The summed E-state index contributed by atoms with van der Waals surface area (Å²) >= 11 is 0. The summed E-state index contributed by atoms with van der Waals surface area (Å²) < 4.78 is 0. The number of H-pyrrole nitrogens is 1. The van der Waals surface area contributed by atoms with Crippen molar-refractivity contribution in [2.45, 2.75) is 39.8 Å². The predicted molar refractivity (Wildman–Crippen MR) is 105 cm³/mol. The van der Waals surface area contributed by atoms with Gasteiger partial charge >= 0.3 is 0 Å². The first-order valence-electron chi connectivity index (χ1n) is 9.36. The first-order valence-corrected chi connectivity index (χ1v) is 9.36. The zero-order chi connectivity index (χ0) is 18.8. The van der Waals surface area contributed by atoms with Crippen LogP contribution in [-0.4, -0.2) is 38.7 Å². The molecule has 0 aromatic carbocycles. The van der Waals surface area contributed by atoms with Gasteiger partial charge in [0, 0.05) is 55.9 Å². The van der Waals surface area contributed by atoms with Crippen LogP contribution in [0.5, 0.6) is 0 Å². The van der Waals surface area contributed by atoms with Crippen molar-refractivity contribution in [3.63, 3.8) is 0 Å². The maximum absolute atomic E-state index is 4.89. The summed E-state index contributed by atoms with van der Waals surface area (Å²) in [5.41, 5.74) is 6.91. The molecular weight excluding hydrogens is 338 g/mol. The molecule has 4 rings (SSSR count). The third-order valence-electron chi connectivity index (χ3n) is 5.17. The smallest absolute Gasteiger partial charge is 0.161 e. The summed E-state index contributed by atoms with van der Waals surface area (Å²) in [7, 11) is 2.12. The second-order valence-electron chi connectivity index (χ2n) is 7.07. The van der Waals surface area contributed by atoms with E-state index in [0.29, 0.717) is 0 Å². The highest BCUT2D eigenvalue weighted by Crippen LogP contribution is 2.27. The van der Waals surface area contributed by atoms with E-state index < -0.39 is 0 Å². The van der Waals surface area contributed by atoms with E-state index in [2.05, 4.69) is 46.3 Å². The summed E-state index contributed by atoms with van der Waals surface area (Å²) in [6.07, 6.45) is 5.63. The van der Waals surface area contributed by atoms with Crippen LogP contribution in [0.3, 0.4) is 0 Å². The highest BCUT2D eigenvalue weighted by molar-refractivity contribution is 5.60. The number of hydrogen-bond acceptors (Lipinski definition) is 6. The Balaban J connectivity index is 1.54. The molecule has 7 heteroatoms. The fraction of sp³-hybridized carbons (Fsp3) is 0.400. The Morgan fingerprint density at radius 3 is 2.67 bits per heavy atom. The number of aryl methyl sites for hydroxylation is 2. The molecule has 0 spiro atoms. The molecule has 0 aliphatic carbocycles. The van der Waals surface area contributed by atoms with Crippen LogP contribution in [0.15, 0.2) is 24.5 Å². The molecule has 1 aliphatic heterocycles. The number of anilines is 1. The van der Waals surface area contributed by atoms with E-state index in [1.807, 2.05) is 12.1 Å². The average molecular weight is 363 g/mol. The Hall–Kier alpha value is -2.80. The Morgan fingerprint density at radius 1 is 1.11 bits per heavy atom. The zero-order valence-corrected chi connectivity index (χ0v) is 16.1. The molecule has 0 radical (unpaired) electrons. The van der Waals surface area contributed by atoms with Crippen LogP contribution in [0.4, 0.5) is 5.82 Å². The van der Waals surface area contributed by atoms with Gasteiger partial charge in [-0.3, -0.25) is 10.1 Å². The maximum atomic E-state index is 4.89. The van der Waals surface area contributed by atoms with Crippen LogP contribution in [-0.2, 0) is 19.5 Å². The van der Waals surface area contributed by atoms with Gasteiger partial charge in [-0.2, -0.15) is 5.10 Å². The van der Waals surface area contributed by atoms with Gasteiger partial charge in [0.1, 0.15) is 5.82 Å². The van der Waals surface area contributed by atoms with Crippen LogP contribution < -0.4 is 10.2 Å². The molecule has 3 aromatic rings. The van der Waals surface area contributed by atoms with E-state index in [1.165, 1.54) is 16.8 Å². The van der Waals surface area contributed by atoms with Crippen molar-refractivity contribution in [3.05, 3.63) is 52.7 Å². The lowest BCUT2D eigenvalue weighted by molar-refractivity contribution is 0.749. The lowest BCUT2D eigenvalue weighted by atomic mass is 10.1. The number of fused-ring (bicyclic) bond motifs is 1. The first-order chi connectivity index (χ1) is 13.1. The van der Waals surface area contributed by atoms with E-state index in [1.54, 1.807) is 12.4 Å². The van der Waals surface area contributed by atoms with Crippen molar-refractivity contribution in [2.75, 3.05) is 18.5 Å². The van der Waals surface area contributed by atoms with Crippen molar-refractivity contribution in [2.24, 2.45) is 0 Å². The van der Waals surface area contributed by atoms with Crippen LogP contribution in [0, 0.1) is 13.8 Å². The molecule has 1 aliphatic rings. The Morgan fingerprint density at radius 2 is 1.93 bits per heavy atom. The molecule has 0 atom stereocenters. The van der Waals surface area contributed by atoms with Gasteiger partial charge in [0.2, 0.25) is 0 Å². The van der Waals surface area contributed by atoms with E-state index >= 15 is 0 Å². The summed E-state index contributed by atoms with van der Waals surface area (Å²) in [5, 5.41) is 10.8. The van der Waals surface area contributed by atoms with Gasteiger partial charge in [-0.05, 0) is 44.4 Å². The van der Waals surface area contributed by atoms with Gasteiger partial charge in [0.25, 0.3) is 0 Å². The minimum atomic E-state index is 0.767. The molecule has 4 heterocycles. The fourth-order valence-electron chi connectivity index (χ4n) is 3.64. The average Bonchev–Trinajstić information content (AvgIpc) is 3.29. The second-order valence-corrected chi connectivity index (χ2v) is 7.07. The van der Waals surface area contributed by atoms with E-state index in [9.17, 15) is 0 Å². The van der Waals surface area contributed by atoms with Crippen LogP contribution in [0.25, 0.3) is 11.4 Å². The van der Waals surface area contributed by atoms with Crippen molar-refractivity contribution < 1.29 is 0 Å². The predicted octanol–water partition coefficient (Wildman–Crippen LogP) is 2.55. The number of nitrogens with one attached hydrogen (secondary N) is 2. The number of aromatic amines is 1. The fourth-order valence-corrected chi connectivity index (χ4v) is 3.64. The van der Waals surface area contributed by atoms with Gasteiger partial charge in [0.05, 0.1) is 11.4 Å². The lowest BCUT2D eigenvalue weighted by Gasteiger charge is -2.21. The van der Waals surface area contributed by atoms with Crippen molar-refractivity contribution in [1.82, 2.24) is 30.5 Å². The molecule has 0 saturated heterocycles. The second kappa shape index (κ2) is 7.44. The van der Waals surface area contributed by atoms with Crippen LogP contribution in [0.1, 0.15) is 34.6 Å². The minimum Gasteiger partial charge on any atom is -0.359 e. The van der Waals surface area contributed by atoms with Crippen LogP contribution >= 0.6 is 0 Å². The summed E-state index contributed by atoms with van der Waals surface area (Å²) in [4.78, 5) is 16.0. The third-order valence-corrected chi connectivity index (χ3v) is 5.17. The van der Waals surface area contributed by atoms with Crippen molar-refractivity contribution >= 4 is 5.82 Å². The normalized spacial score (nSPS) is 13.0. The molecule has 2 N–H and O–H groups in total. The number of pyridine rings is 1. The summed E-state index contributed by atoms with van der Waals surface area (Å²) in [6.45, 7) is 6.70. The number of rotatable bonds is 6. The summed E-state index contributed by atoms with van der Waals surface area (Å²) in [6, 6.07) is 3.91. The minimum absolute atomic E-state index is 0.767. The largest absolute Gasteiger partial charge is 0.359 e. The van der Waals surface area contributed by atoms with Crippen LogP contribution in [0.2, 0.25) is 0 Å². The molecule has 140 valence electrons. The molecular formula is C20H25N7. The monoisotopic (exact) mass is 363 g/mol. The van der Waals surface area contributed by atoms with E-state index in [-0.39, 0.29) is 0 Å². The van der Waals surface area contributed by atoms with Gasteiger partial charge < -0.3 is 10.2 Å². The SMILES string of the molecule is Cc1n[nH]c(C)c1CCCN(C)c1nc(-c2ccncc2)nc2c1CNC2. The lowest BCUT2D eigenvalue weighted by Crippen LogP contribution is -2.23. The standard InChI is InChI=1S/C20H25N7/c1-13-16(14(2)26-25-13)5-4-10-27(3)20-17-11-22-12-18(17)23-19(24-20)15-6-8-21-9-7-15/h6-9,22H,4-5,10-12H2,1-3H3,(H,25,26). The summed E-state index contributed by atoms with van der Waals surface area (Å²) in [5.74, 6) is 1.79. The highest BCUT2D eigenvalue weighted by Gasteiger charge is 2.21. The molecule has 0 amide bonds. The molecule has 3 aromatic heterocycles. The Labute approximate surface area is 159 Å². The number of nitrogens with zero attached hydrogens (tertiary/aromatic N) is 5. The molecule has 0 bridgehead atoms. The van der Waals surface area contributed by atoms with Gasteiger partial charge in [-0.25, -0.2) is 9.97 Å². The molecule has 0 unspecified atom stereocenters. The van der Waals surface area contributed by atoms with Crippen molar-refractivity contribution in [3.8, 4) is 11.4 Å². The molecule has 0 fully saturated rings. The maximum Gasteiger partial charge on any atom is 0.161 e. The molecule has 27 heavy (non-hydrogen) atoms. The van der Waals surface area contributed by atoms with Gasteiger partial charge in [-0.1, -0.05) is 0 Å². The molecule has 0 saturated carbocycles. The number of hydrogen-bond donors (Lipinski definition) is 2. The first kappa shape index (κ1) is 17.6. The van der Waals surface area contributed by atoms with Crippen molar-refractivity contribution in [1.29, 1.82) is 0 Å². The number of aromatic nitrogens is 5. The highest BCUT2D eigenvalue weighted by atomic mass is 15.2. The van der Waals surface area contributed by atoms with E-state index in [0.717, 1.165) is 61.1 Å².